The molecular formula is C12H19NO. The summed E-state index contributed by atoms with van der Waals surface area (Å²) in [4.78, 5) is 4.23. The van der Waals surface area contributed by atoms with Gasteiger partial charge in [-0.2, -0.15) is 0 Å². The summed E-state index contributed by atoms with van der Waals surface area (Å²) >= 11 is 0. The first-order valence-corrected chi connectivity index (χ1v) is 5.09. The Hall–Kier alpha value is -1.05. The summed E-state index contributed by atoms with van der Waals surface area (Å²) in [5.41, 5.74) is 1.58. The molecule has 0 N–H and O–H groups in total. The van der Waals surface area contributed by atoms with Crippen molar-refractivity contribution in [3.05, 3.63) is 23.9 Å². The van der Waals surface area contributed by atoms with Crippen LogP contribution in [0.25, 0.3) is 0 Å². The van der Waals surface area contributed by atoms with Gasteiger partial charge in [0.2, 0.25) is 5.88 Å². The van der Waals surface area contributed by atoms with Crippen molar-refractivity contribution in [1.29, 1.82) is 0 Å². The average molecular weight is 193 g/mol. The van der Waals surface area contributed by atoms with Crippen LogP contribution in [0.2, 0.25) is 0 Å². The van der Waals surface area contributed by atoms with Crippen LogP contribution >= 0.6 is 0 Å². The molecule has 2 heteroatoms. The summed E-state index contributed by atoms with van der Waals surface area (Å²) < 4.78 is 5.28. The van der Waals surface area contributed by atoms with Gasteiger partial charge in [0.25, 0.3) is 0 Å². The smallest absolute Gasteiger partial charge is 0.213 e. The van der Waals surface area contributed by atoms with E-state index in [1.165, 1.54) is 5.56 Å². The fraction of sp³-hybridized carbons (Fsp3) is 0.583. The molecule has 0 fully saturated rings. The first-order chi connectivity index (χ1) is 6.51. The van der Waals surface area contributed by atoms with Crippen LogP contribution < -0.4 is 4.74 Å². The number of nitrogens with zero attached hydrogens (tertiary/aromatic N) is 1. The van der Waals surface area contributed by atoms with Crippen molar-refractivity contribution in [2.75, 3.05) is 6.61 Å². The van der Waals surface area contributed by atoms with Gasteiger partial charge in [0.15, 0.2) is 0 Å². The molecule has 0 bridgehead atoms. The second-order valence-electron chi connectivity index (χ2n) is 4.68. The van der Waals surface area contributed by atoms with Crippen LogP contribution in [0, 0.1) is 5.41 Å². The molecule has 0 spiro atoms. The lowest BCUT2D eigenvalue weighted by Crippen LogP contribution is -2.09. The first-order valence-electron chi connectivity index (χ1n) is 5.09. The van der Waals surface area contributed by atoms with Gasteiger partial charge in [0.1, 0.15) is 0 Å². The average Bonchev–Trinajstić information content (AvgIpc) is 2.06. The predicted molar refractivity (Wildman–Crippen MR) is 58.6 cm³/mol. The standard InChI is InChI=1S/C12H19NO/c1-5-14-11-7-6-10(9-13-11)8-12(2,3)4/h6-7,9H,5,8H2,1-4H3. The summed E-state index contributed by atoms with van der Waals surface area (Å²) in [5, 5.41) is 0. The SMILES string of the molecule is CCOc1ccc(CC(C)(C)C)cn1. The lowest BCUT2D eigenvalue weighted by atomic mass is 9.89. The fourth-order valence-corrected chi connectivity index (χ4v) is 1.36. The maximum atomic E-state index is 5.28. The van der Waals surface area contributed by atoms with Crippen LogP contribution in [0.15, 0.2) is 18.3 Å². The third-order valence-corrected chi connectivity index (χ3v) is 1.82. The van der Waals surface area contributed by atoms with Crippen LogP contribution in [-0.4, -0.2) is 11.6 Å². The highest BCUT2D eigenvalue weighted by Crippen LogP contribution is 2.20. The van der Waals surface area contributed by atoms with Gasteiger partial charge in [-0.15, -0.1) is 0 Å². The Morgan fingerprint density at radius 3 is 2.43 bits per heavy atom. The maximum absolute atomic E-state index is 5.28. The van der Waals surface area contributed by atoms with E-state index in [9.17, 15) is 0 Å². The Kier molecular flexibility index (Phi) is 3.50. The van der Waals surface area contributed by atoms with E-state index in [1.54, 1.807) is 0 Å². The fourth-order valence-electron chi connectivity index (χ4n) is 1.36. The number of pyridine rings is 1. The highest BCUT2D eigenvalue weighted by atomic mass is 16.5. The van der Waals surface area contributed by atoms with Crippen molar-refractivity contribution in [3.8, 4) is 5.88 Å². The zero-order valence-electron chi connectivity index (χ0n) is 9.50. The Morgan fingerprint density at radius 1 is 1.29 bits per heavy atom. The van der Waals surface area contributed by atoms with Crippen molar-refractivity contribution in [1.82, 2.24) is 4.98 Å². The Morgan fingerprint density at radius 2 is 2.00 bits per heavy atom. The molecule has 78 valence electrons. The summed E-state index contributed by atoms with van der Waals surface area (Å²) in [6.07, 6.45) is 2.95. The van der Waals surface area contributed by atoms with E-state index in [0.717, 1.165) is 6.42 Å². The maximum Gasteiger partial charge on any atom is 0.213 e. The normalized spacial score (nSPS) is 11.4. The molecule has 1 rings (SSSR count). The summed E-state index contributed by atoms with van der Waals surface area (Å²) in [7, 11) is 0. The summed E-state index contributed by atoms with van der Waals surface area (Å²) in [5.74, 6) is 0.713. The molecule has 0 radical (unpaired) electrons. The quantitative estimate of drug-likeness (QED) is 0.736. The molecule has 0 aliphatic heterocycles. The van der Waals surface area contributed by atoms with E-state index >= 15 is 0 Å². The van der Waals surface area contributed by atoms with E-state index < -0.39 is 0 Å². The minimum atomic E-state index is 0.314. The third-order valence-electron chi connectivity index (χ3n) is 1.82. The number of hydrogen-bond donors (Lipinski definition) is 0. The van der Waals surface area contributed by atoms with Crippen LogP contribution in [0.1, 0.15) is 33.3 Å². The van der Waals surface area contributed by atoms with E-state index in [1.807, 2.05) is 19.2 Å². The molecule has 1 aromatic rings. The Bertz CT molecular complexity index is 271. The zero-order valence-corrected chi connectivity index (χ0v) is 9.50. The Labute approximate surface area is 86.3 Å². The van der Waals surface area contributed by atoms with Gasteiger partial charge < -0.3 is 4.74 Å². The van der Waals surface area contributed by atoms with Gasteiger partial charge >= 0.3 is 0 Å². The van der Waals surface area contributed by atoms with Gasteiger partial charge in [-0.3, -0.25) is 0 Å². The monoisotopic (exact) mass is 193 g/mol. The summed E-state index contributed by atoms with van der Waals surface area (Å²) in [6, 6.07) is 4.02. The molecular weight excluding hydrogens is 174 g/mol. The van der Waals surface area contributed by atoms with Crippen molar-refractivity contribution < 1.29 is 4.74 Å². The largest absolute Gasteiger partial charge is 0.478 e. The van der Waals surface area contributed by atoms with E-state index in [2.05, 4.69) is 31.8 Å². The van der Waals surface area contributed by atoms with Crippen LogP contribution in [0.5, 0.6) is 5.88 Å². The topological polar surface area (TPSA) is 22.1 Å². The van der Waals surface area contributed by atoms with Crippen molar-refractivity contribution in [3.63, 3.8) is 0 Å². The summed E-state index contributed by atoms with van der Waals surface area (Å²) in [6.45, 7) is 9.31. The highest BCUT2D eigenvalue weighted by Gasteiger charge is 2.11. The van der Waals surface area contributed by atoms with Crippen LogP contribution in [-0.2, 0) is 6.42 Å². The van der Waals surface area contributed by atoms with Gasteiger partial charge in [0, 0.05) is 12.3 Å². The third kappa shape index (κ3) is 3.77. The van der Waals surface area contributed by atoms with E-state index in [4.69, 9.17) is 4.74 Å². The highest BCUT2D eigenvalue weighted by molar-refractivity contribution is 5.18. The van der Waals surface area contributed by atoms with Crippen molar-refractivity contribution in [2.45, 2.75) is 34.1 Å². The molecule has 1 heterocycles. The molecule has 0 atom stereocenters. The van der Waals surface area contributed by atoms with Gasteiger partial charge in [-0.05, 0) is 24.3 Å². The minimum absolute atomic E-state index is 0.314. The molecule has 1 aromatic heterocycles. The molecule has 0 aromatic carbocycles. The predicted octanol–water partition coefficient (Wildman–Crippen LogP) is 3.07. The Balaban J connectivity index is 2.64. The number of rotatable bonds is 3. The number of aromatic nitrogens is 1. The second kappa shape index (κ2) is 4.45. The molecule has 0 saturated carbocycles. The van der Waals surface area contributed by atoms with E-state index in [-0.39, 0.29) is 0 Å². The minimum Gasteiger partial charge on any atom is -0.478 e. The molecule has 14 heavy (non-hydrogen) atoms. The van der Waals surface area contributed by atoms with Crippen LogP contribution in [0.3, 0.4) is 0 Å². The molecule has 0 aliphatic rings. The first kappa shape index (κ1) is 11.0. The van der Waals surface area contributed by atoms with Gasteiger partial charge in [-0.1, -0.05) is 26.8 Å². The van der Waals surface area contributed by atoms with Gasteiger partial charge in [0.05, 0.1) is 6.61 Å². The lowest BCUT2D eigenvalue weighted by Gasteiger charge is -2.17. The molecule has 0 amide bonds. The zero-order chi connectivity index (χ0) is 10.6. The molecule has 0 aliphatic carbocycles. The molecule has 2 nitrogen and oxygen atoms in total. The number of hydrogen-bond acceptors (Lipinski definition) is 2. The van der Waals surface area contributed by atoms with E-state index in [0.29, 0.717) is 17.9 Å². The molecule has 0 unspecified atom stereocenters. The van der Waals surface area contributed by atoms with Crippen molar-refractivity contribution in [2.24, 2.45) is 5.41 Å². The van der Waals surface area contributed by atoms with Crippen molar-refractivity contribution >= 4 is 0 Å². The van der Waals surface area contributed by atoms with Gasteiger partial charge in [-0.25, -0.2) is 4.98 Å². The van der Waals surface area contributed by atoms with Crippen LogP contribution in [0.4, 0.5) is 0 Å². The number of ether oxygens (including phenoxy) is 1. The lowest BCUT2D eigenvalue weighted by molar-refractivity contribution is 0.326. The molecule has 0 saturated heterocycles. The second-order valence-corrected chi connectivity index (χ2v) is 4.68.